The summed E-state index contributed by atoms with van der Waals surface area (Å²) in [4.78, 5) is 12.9. The van der Waals surface area contributed by atoms with Crippen molar-refractivity contribution in [3.05, 3.63) is 91.0 Å². The number of carbonyl (C=O) groups is 1. The average Bonchev–Trinajstić information content (AvgIpc) is 3.01. The van der Waals surface area contributed by atoms with Crippen LogP contribution in [0.3, 0.4) is 0 Å². The van der Waals surface area contributed by atoms with E-state index in [0.717, 1.165) is 6.42 Å². The third-order valence-corrected chi connectivity index (χ3v) is 10.4. The third kappa shape index (κ3) is 4.04. The van der Waals surface area contributed by atoms with Crippen LogP contribution in [0.4, 0.5) is 0 Å². The predicted molar refractivity (Wildman–Crippen MR) is 118 cm³/mol. The van der Waals surface area contributed by atoms with Crippen LogP contribution in [-0.2, 0) is 9.22 Å². The Hall–Kier alpha value is -2.69. The number of esters is 1. The zero-order valence-corrected chi connectivity index (χ0v) is 17.9. The van der Waals surface area contributed by atoms with Gasteiger partial charge in [-0.15, -0.1) is 0 Å². The molecule has 1 aliphatic heterocycles. The molecule has 0 radical (unpaired) electrons. The average molecular weight is 403 g/mol. The van der Waals surface area contributed by atoms with Gasteiger partial charge in [0.25, 0.3) is 8.32 Å². The molecule has 0 N–H and O–H groups in total. The Labute approximate surface area is 173 Å². The first-order valence-corrected chi connectivity index (χ1v) is 12.1. The molecule has 4 rings (SSSR count). The lowest BCUT2D eigenvalue weighted by molar-refractivity contribution is -0.134. The largest absolute Gasteiger partial charge is 0.427 e. The highest BCUT2D eigenvalue weighted by atomic mass is 28.4. The van der Waals surface area contributed by atoms with Gasteiger partial charge in [-0.2, -0.15) is 0 Å². The summed E-state index contributed by atoms with van der Waals surface area (Å²) in [7, 11) is -2.63. The van der Waals surface area contributed by atoms with Crippen molar-refractivity contribution in [1.82, 2.24) is 0 Å². The summed E-state index contributed by atoms with van der Waals surface area (Å²) in [5.74, 6) is 0.383. The molecule has 1 saturated heterocycles. The lowest BCUT2D eigenvalue weighted by Gasteiger charge is -2.34. The standard InChI is InChI=1S/C25H26O3Si/c1-25(2)19-23(18-24(26)27-20-12-6-3-7-13-20)29(28-25,21-14-8-4-9-15-21)22-16-10-5-11-17-22/h3-17,23H,18-19H2,1-2H3. The van der Waals surface area contributed by atoms with Gasteiger partial charge in [0.15, 0.2) is 0 Å². The summed E-state index contributed by atoms with van der Waals surface area (Å²) in [6.45, 7) is 4.26. The van der Waals surface area contributed by atoms with Crippen LogP contribution in [0.5, 0.6) is 5.75 Å². The van der Waals surface area contributed by atoms with Crippen molar-refractivity contribution in [3.63, 3.8) is 0 Å². The zero-order valence-electron chi connectivity index (χ0n) is 16.9. The van der Waals surface area contributed by atoms with E-state index in [9.17, 15) is 4.79 Å². The normalized spacial score (nSPS) is 19.6. The number of hydrogen-bond acceptors (Lipinski definition) is 3. The Morgan fingerprint density at radius 2 is 1.38 bits per heavy atom. The summed E-state index contributed by atoms with van der Waals surface area (Å²) >= 11 is 0. The van der Waals surface area contributed by atoms with Crippen molar-refractivity contribution >= 4 is 24.7 Å². The molecule has 148 valence electrons. The summed E-state index contributed by atoms with van der Waals surface area (Å²) in [6.07, 6.45) is 1.17. The second-order valence-electron chi connectivity index (χ2n) is 8.22. The molecule has 0 aliphatic carbocycles. The van der Waals surface area contributed by atoms with Crippen LogP contribution in [0.1, 0.15) is 26.7 Å². The minimum atomic E-state index is -2.63. The van der Waals surface area contributed by atoms with E-state index in [1.165, 1.54) is 10.4 Å². The van der Waals surface area contributed by atoms with Crippen LogP contribution in [-0.4, -0.2) is 19.9 Å². The lowest BCUT2D eigenvalue weighted by atomic mass is 10.0. The molecule has 0 amide bonds. The molecular formula is C25H26O3Si. The summed E-state index contributed by atoms with van der Waals surface area (Å²) in [5, 5.41) is 2.41. The van der Waals surface area contributed by atoms with Gasteiger partial charge in [-0.3, -0.25) is 4.79 Å². The van der Waals surface area contributed by atoms with Gasteiger partial charge < -0.3 is 9.16 Å². The SMILES string of the molecule is CC1(C)CC(CC(=O)Oc2ccccc2)[Si](c2ccccc2)(c2ccccc2)O1. The molecule has 1 atom stereocenters. The molecular weight excluding hydrogens is 376 g/mol. The topological polar surface area (TPSA) is 35.5 Å². The highest BCUT2D eigenvalue weighted by molar-refractivity contribution is 6.99. The van der Waals surface area contributed by atoms with Gasteiger partial charge in [0.2, 0.25) is 0 Å². The minimum Gasteiger partial charge on any atom is -0.427 e. The van der Waals surface area contributed by atoms with Gasteiger partial charge in [0.1, 0.15) is 5.75 Å². The van der Waals surface area contributed by atoms with Crippen LogP contribution in [0.15, 0.2) is 91.0 Å². The fourth-order valence-electron chi connectivity index (χ4n) is 4.50. The maximum absolute atomic E-state index is 12.9. The Kier molecular flexibility index (Phi) is 5.39. The molecule has 1 fully saturated rings. The number of hydrogen-bond donors (Lipinski definition) is 0. The second-order valence-corrected chi connectivity index (χ2v) is 11.9. The maximum atomic E-state index is 12.9. The van der Waals surface area contributed by atoms with Crippen molar-refractivity contribution in [2.75, 3.05) is 0 Å². The Balaban J connectivity index is 1.72. The Morgan fingerprint density at radius 3 is 1.90 bits per heavy atom. The van der Waals surface area contributed by atoms with Crippen LogP contribution in [0.25, 0.3) is 0 Å². The summed E-state index contributed by atoms with van der Waals surface area (Å²) in [6, 6.07) is 30.1. The fourth-order valence-corrected chi connectivity index (χ4v) is 9.75. The van der Waals surface area contributed by atoms with Crippen molar-refractivity contribution < 1.29 is 14.0 Å². The summed E-state index contributed by atoms with van der Waals surface area (Å²) in [5.41, 5.74) is -0.200. The van der Waals surface area contributed by atoms with Crippen LogP contribution in [0.2, 0.25) is 5.54 Å². The molecule has 1 unspecified atom stereocenters. The van der Waals surface area contributed by atoms with Gasteiger partial charge in [0, 0.05) is 6.42 Å². The first-order valence-electron chi connectivity index (χ1n) is 10.1. The number of ether oxygens (including phenoxy) is 1. The van der Waals surface area contributed by atoms with Gasteiger partial charge >= 0.3 is 5.97 Å². The van der Waals surface area contributed by atoms with E-state index in [4.69, 9.17) is 9.16 Å². The van der Waals surface area contributed by atoms with Crippen molar-refractivity contribution in [2.24, 2.45) is 0 Å². The quantitative estimate of drug-likeness (QED) is 0.362. The maximum Gasteiger partial charge on any atom is 0.311 e. The number of benzene rings is 3. The number of carbonyl (C=O) groups excluding carboxylic acids is 1. The van der Waals surface area contributed by atoms with E-state index >= 15 is 0 Å². The Morgan fingerprint density at radius 1 is 0.897 bits per heavy atom. The fraction of sp³-hybridized carbons (Fsp3) is 0.240. The summed E-state index contributed by atoms with van der Waals surface area (Å²) < 4.78 is 12.5. The molecule has 29 heavy (non-hydrogen) atoms. The number of rotatable bonds is 5. The smallest absolute Gasteiger partial charge is 0.311 e. The molecule has 3 nitrogen and oxygen atoms in total. The second kappa shape index (κ2) is 7.97. The predicted octanol–water partition coefficient (Wildman–Crippen LogP) is 4.31. The Bertz CT molecular complexity index is 916. The van der Waals surface area contributed by atoms with Gasteiger partial charge in [-0.1, -0.05) is 78.9 Å². The van der Waals surface area contributed by atoms with E-state index in [2.05, 4.69) is 62.4 Å². The van der Waals surface area contributed by atoms with Crippen molar-refractivity contribution in [2.45, 2.75) is 37.8 Å². The van der Waals surface area contributed by atoms with Crippen molar-refractivity contribution in [3.8, 4) is 5.75 Å². The van der Waals surface area contributed by atoms with Crippen LogP contribution < -0.4 is 15.1 Å². The first kappa shape index (κ1) is 19.6. The highest BCUT2D eigenvalue weighted by Gasteiger charge is 2.57. The van der Waals surface area contributed by atoms with Crippen LogP contribution in [0, 0.1) is 0 Å². The zero-order chi connectivity index (χ0) is 20.3. The van der Waals surface area contributed by atoms with E-state index in [1.54, 1.807) is 0 Å². The minimum absolute atomic E-state index is 0.0958. The molecule has 4 heteroatoms. The number of para-hydroxylation sites is 1. The van der Waals surface area contributed by atoms with E-state index < -0.39 is 8.32 Å². The molecule has 3 aromatic rings. The molecule has 0 spiro atoms. The molecule has 1 aliphatic rings. The first-order chi connectivity index (χ1) is 14.0. The lowest BCUT2D eigenvalue weighted by Crippen LogP contribution is -2.62. The van der Waals surface area contributed by atoms with E-state index in [1.807, 2.05) is 42.5 Å². The molecule has 1 heterocycles. The van der Waals surface area contributed by atoms with Crippen LogP contribution >= 0.6 is 0 Å². The van der Waals surface area contributed by atoms with Gasteiger partial charge in [0.05, 0.1) is 5.60 Å². The van der Waals surface area contributed by atoms with E-state index in [-0.39, 0.29) is 17.1 Å². The van der Waals surface area contributed by atoms with Crippen molar-refractivity contribution in [1.29, 1.82) is 0 Å². The molecule has 3 aromatic carbocycles. The monoisotopic (exact) mass is 402 g/mol. The molecule has 0 bridgehead atoms. The molecule has 0 saturated carbocycles. The third-order valence-electron chi connectivity index (χ3n) is 5.54. The van der Waals surface area contributed by atoms with E-state index in [0.29, 0.717) is 12.2 Å². The van der Waals surface area contributed by atoms with Gasteiger partial charge in [-0.25, -0.2) is 0 Å². The highest BCUT2D eigenvalue weighted by Crippen LogP contribution is 2.45. The van der Waals surface area contributed by atoms with Gasteiger partial charge in [-0.05, 0) is 48.3 Å². The molecule has 0 aromatic heterocycles.